The van der Waals surface area contributed by atoms with Gasteiger partial charge in [0, 0.05) is 25.2 Å². The third-order valence-electron chi connectivity index (χ3n) is 7.22. The molecule has 6 heteroatoms. The number of hydrogen-bond donors (Lipinski definition) is 1. The van der Waals surface area contributed by atoms with Crippen molar-refractivity contribution in [2.75, 3.05) is 44.2 Å². The highest BCUT2D eigenvalue weighted by Gasteiger charge is 2.28. The average Bonchev–Trinajstić information content (AvgIpc) is 2.93. The third-order valence-corrected chi connectivity index (χ3v) is 7.22. The molecule has 1 saturated heterocycles. The normalized spacial score (nSPS) is 16.3. The number of carbonyl (C=O) groups excluding carboxylic acids is 2. The van der Waals surface area contributed by atoms with Gasteiger partial charge in [-0.3, -0.25) is 9.59 Å². The predicted molar refractivity (Wildman–Crippen MR) is 142 cm³/mol. The first kappa shape index (κ1) is 24.1. The Morgan fingerprint density at radius 3 is 2.44 bits per heavy atom. The van der Waals surface area contributed by atoms with Gasteiger partial charge >= 0.3 is 0 Å². The lowest BCUT2D eigenvalue weighted by molar-refractivity contribution is -0.121. The molecule has 0 saturated carbocycles. The van der Waals surface area contributed by atoms with E-state index in [9.17, 15) is 9.59 Å². The second kappa shape index (κ2) is 11.4. The lowest BCUT2D eigenvalue weighted by Gasteiger charge is -2.35. The zero-order valence-electron chi connectivity index (χ0n) is 20.6. The molecule has 0 bridgehead atoms. The van der Waals surface area contributed by atoms with Gasteiger partial charge in [-0.2, -0.15) is 0 Å². The monoisotopic (exact) mass is 483 g/mol. The smallest absolute Gasteiger partial charge is 0.265 e. The lowest BCUT2D eigenvalue weighted by atomic mass is 9.86. The molecule has 186 valence electrons. The molecule has 1 fully saturated rings. The Morgan fingerprint density at radius 1 is 0.889 bits per heavy atom. The lowest BCUT2D eigenvalue weighted by Crippen LogP contribution is -2.45. The van der Waals surface area contributed by atoms with Crippen molar-refractivity contribution in [3.63, 3.8) is 0 Å². The predicted octanol–water partition coefficient (Wildman–Crippen LogP) is 4.26. The summed E-state index contributed by atoms with van der Waals surface area (Å²) in [5.74, 6) is 1.15. The zero-order chi connectivity index (χ0) is 24.7. The van der Waals surface area contributed by atoms with E-state index < -0.39 is 0 Å². The fourth-order valence-corrected chi connectivity index (χ4v) is 5.23. The molecule has 0 atom stereocenters. The largest absolute Gasteiger partial charge is 0.482 e. The van der Waals surface area contributed by atoms with E-state index in [1.807, 2.05) is 65.6 Å². The summed E-state index contributed by atoms with van der Waals surface area (Å²) in [5, 5.41) is 3.11. The summed E-state index contributed by atoms with van der Waals surface area (Å²) < 4.78 is 5.56. The quantitative estimate of drug-likeness (QED) is 0.520. The van der Waals surface area contributed by atoms with Crippen LogP contribution in [-0.4, -0.2) is 56.0 Å². The van der Waals surface area contributed by atoms with E-state index in [1.54, 1.807) is 0 Å². The van der Waals surface area contributed by atoms with Crippen LogP contribution in [0.15, 0.2) is 78.9 Å². The number of ether oxygens (including phenoxy) is 1. The van der Waals surface area contributed by atoms with Crippen molar-refractivity contribution in [2.24, 2.45) is 0 Å². The number of para-hydroxylation sites is 2. The first-order valence-corrected chi connectivity index (χ1v) is 12.8. The van der Waals surface area contributed by atoms with Crippen LogP contribution in [0.3, 0.4) is 0 Å². The highest BCUT2D eigenvalue weighted by atomic mass is 16.5. The summed E-state index contributed by atoms with van der Waals surface area (Å²) in [4.78, 5) is 29.7. The molecule has 0 spiro atoms. The molecular formula is C30H33N3O3. The van der Waals surface area contributed by atoms with Gasteiger partial charge in [0.2, 0.25) is 0 Å². The number of amides is 2. The van der Waals surface area contributed by atoms with Crippen LogP contribution in [0.4, 0.5) is 5.69 Å². The van der Waals surface area contributed by atoms with Crippen LogP contribution in [0.1, 0.15) is 40.2 Å². The van der Waals surface area contributed by atoms with Gasteiger partial charge in [-0.25, -0.2) is 0 Å². The standard InChI is InChI=1S/C30H33N3O3/c34-29-22-36-28-13-7-6-12-27(28)33(29)21-20-32-18-15-24(16-19-32)25-10-4-5-11-26(25)30(35)31-17-14-23-8-2-1-3-9-23/h1-13,24H,14-22H2,(H,31,35). The Labute approximate surface area is 212 Å². The molecule has 2 heterocycles. The van der Waals surface area contributed by atoms with E-state index in [-0.39, 0.29) is 18.4 Å². The summed E-state index contributed by atoms with van der Waals surface area (Å²) in [5.41, 5.74) is 4.02. The summed E-state index contributed by atoms with van der Waals surface area (Å²) in [6.07, 6.45) is 2.83. The van der Waals surface area contributed by atoms with E-state index in [4.69, 9.17) is 4.74 Å². The fraction of sp³-hybridized carbons (Fsp3) is 0.333. The van der Waals surface area contributed by atoms with E-state index in [0.717, 1.165) is 61.5 Å². The van der Waals surface area contributed by atoms with Gasteiger partial charge in [0.25, 0.3) is 11.8 Å². The summed E-state index contributed by atoms with van der Waals surface area (Å²) >= 11 is 0. The Hall–Kier alpha value is -3.64. The molecule has 36 heavy (non-hydrogen) atoms. The van der Waals surface area contributed by atoms with Crippen molar-refractivity contribution in [1.29, 1.82) is 0 Å². The molecule has 5 rings (SSSR count). The number of anilines is 1. The van der Waals surface area contributed by atoms with Gasteiger partial charge in [0.1, 0.15) is 5.75 Å². The number of benzene rings is 3. The third kappa shape index (κ3) is 5.60. The van der Waals surface area contributed by atoms with E-state index in [1.165, 1.54) is 5.56 Å². The molecule has 1 N–H and O–H groups in total. The molecule has 6 nitrogen and oxygen atoms in total. The molecule has 3 aromatic carbocycles. The molecule has 0 aromatic heterocycles. The van der Waals surface area contributed by atoms with Gasteiger partial charge in [-0.1, -0.05) is 60.7 Å². The minimum absolute atomic E-state index is 0.00783. The first-order valence-electron chi connectivity index (χ1n) is 12.8. The Balaban J connectivity index is 1.14. The van der Waals surface area contributed by atoms with Crippen molar-refractivity contribution in [1.82, 2.24) is 10.2 Å². The molecule has 2 aliphatic rings. The van der Waals surface area contributed by atoms with Crippen LogP contribution in [0, 0.1) is 0 Å². The summed E-state index contributed by atoms with van der Waals surface area (Å²) in [7, 11) is 0. The van der Waals surface area contributed by atoms with E-state index >= 15 is 0 Å². The Kier molecular flexibility index (Phi) is 7.62. The zero-order valence-corrected chi connectivity index (χ0v) is 20.6. The molecule has 2 amide bonds. The van der Waals surface area contributed by atoms with Gasteiger partial charge in [0.05, 0.1) is 5.69 Å². The van der Waals surface area contributed by atoms with Crippen molar-refractivity contribution >= 4 is 17.5 Å². The highest BCUT2D eigenvalue weighted by Crippen LogP contribution is 2.33. The minimum atomic E-state index is 0.00783. The van der Waals surface area contributed by atoms with Crippen LogP contribution in [-0.2, 0) is 11.2 Å². The molecule has 3 aromatic rings. The number of fused-ring (bicyclic) bond motifs is 1. The molecule has 2 aliphatic heterocycles. The SMILES string of the molecule is O=C(NCCc1ccccc1)c1ccccc1C1CCN(CCN2C(=O)COc3ccccc32)CC1. The van der Waals surface area contributed by atoms with Crippen LogP contribution >= 0.6 is 0 Å². The maximum atomic E-state index is 13.0. The topological polar surface area (TPSA) is 61.9 Å². The fourth-order valence-electron chi connectivity index (χ4n) is 5.23. The van der Waals surface area contributed by atoms with Crippen LogP contribution in [0.25, 0.3) is 0 Å². The molecule has 0 aliphatic carbocycles. The second-order valence-electron chi connectivity index (χ2n) is 9.50. The average molecular weight is 484 g/mol. The van der Waals surface area contributed by atoms with E-state index in [2.05, 4.69) is 28.4 Å². The van der Waals surface area contributed by atoms with Gasteiger partial charge < -0.3 is 19.9 Å². The Bertz CT molecular complexity index is 1190. The summed E-state index contributed by atoms with van der Waals surface area (Å²) in [6, 6.07) is 26.0. The van der Waals surface area contributed by atoms with Crippen LogP contribution in [0.2, 0.25) is 0 Å². The van der Waals surface area contributed by atoms with Gasteiger partial charge in [0.15, 0.2) is 6.61 Å². The maximum absolute atomic E-state index is 13.0. The molecular weight excluding hydrogens is 450 g/mol. The van der Waals surface area contributed by atoms with Crippen LogP contribution < -0.4 is 15.0 Å². The van der Waals surface area contributed by atoms with Gasteiger partial charge in [-0.05, 0) is 67.6 Å². The van der Waals surface area contributed by atoms with Gasteiger partial charge in [-0.15, -0.1) is 0 Å². The maximum Gasteiger partial charge on any atom is 0.265 e. The highest BCUT2D eigenvalue weighted by molar-refractivity contribution is 5.98. The van der Waals surface area contributed by atoms with Crippen LogP contribution in [0.5, 0.6) is 5.75 Å². The number of rotatable bonds is 8. The number of nitrogens with zero attached hydrogens (tertiary/aromatic N) is 2. The van der Waals surface area contributed by atoms with Crippen molar-refractivity contribution < 1.29 is 14.3 Å². The molecule has 0 radical (unpaired) electrons. The number of piperidine rings is 1. The number of hydrogen-bond acceptors (Lipinski definition) is 4. The number of carbonyl (C=O) groups is 2. The number of likely N-dealkylation sites (tertiary alicyclic amines) is 1. The first-order chi connectivity index (χ1) is 17.7. The van der Waals surface area contributed by atoms with E-state index in [0.29, 0.717) is 19.0 Å². The van der Waals surface area contributed by atoms with Crippen molar-refractivity contribution in [3.05, 3.63) is 95.6 Å². The summed E-state index contributed by atoms with van der Waals surface area (Å²) in [6.45, 7) is 4.12. The van der Waals surface area contributed by atoms with Crippen molar-refractivity contribution in [2.45, 2.75) is 25.2 Å². The Morgan fingerprint density at radius 2 is 1.61 bits per heavy atom. The molecule has 0 unspecified atom stereocenters. The van der Waals surface area contributed by atoms with Crippen molar-refractivity contribution in [3.8, 4) is 5.75 Å². The minimum Gasteiger partial charge on any atom is -0.482 e. The second-order valence-corrected chi connectivity index (χ2v) is 9.50. The number of nitrogens with one attached hydrogen (secondary N) is 1.